The lowest BCUT2D eigenvalue weighted by atomic mass is 9.85. The zero-order chi connectivity index (χ0) is 10.1. The second-order valence-corrected chi connectivity index (χ2v) is 4.32. The number of nitrogen functional groups attached to an aromatic ring is 1. The summed E-state index contributed by atoms with van der Waals surface area (Å²) >= 11 is 0. The first kappa shape index (κ1) is 9.99. The molecule has 0 fully saturated rings. The average Bonchev–Trinajstić information content (AvgIpc) is 2.02. The van der Waals surface area contributed by atoms with Crippen molar-refractivity contribution in [2.24, 2.45) is 11.1 Å². The maximum absolute atomic E-state index is 6.03. The topological polar surface area (TPSA) is 64.9 Å². The number of aromatic nitrogens is 1. The minimum absolute atomic E-state index is 0.0114. The first-order chi connectivity index (χ1) is 5.93. The van der Waals surface area contributed by atoms with Gasteiger partial charge in [0.25, 0.3) is 0 Å². The third kappa shape index (κ3) is 2.18. The Morgan fingerprint density at radius 3 is 2.46 bits per heavy atom. The van der Waals surface area contributed by atoms with Crippen LogP contribution in [-0.4, -0.2) is 4.98 Å². The molecule has 0 amide bonds. The standard InChI is InChI=1S/C10H17N3/c1-10(2,3)9(12)8-7(11)5-4-6-13-8/h4-6,9H,11-12H2,1-3H3/t9-/m1/s1. The van der Waals surface area contributed by atoms with E-state index in [0.29, 0.717) is 5.69 Å². The van der Waals surface area contributed by atoms with E-state index in [4.69, 9.17) is 11.5 Å². The molecule has 1 rings (SSSR count). The van der Waals surface area contributed by atoms with Gasteiger partial charge in [-0.3, -0.25) is 4.98 Å². The molecule has 3 nitrogen and oxygen atoms in total. The summed E-state index contributed by atoms with van der Waals surface area (Å²) in [6.07, 6.45) is 1.72. The molecule has 0 aliphatic carbocycles. The van der Waals surface area contributed by atoms with E-state index >= 15 is 0 Å². The molecule has 1 aromatic heterocycles. The van der Waals surface area contributed by atoms with Crippen molar-refractivity contribution in [2.75, 3.05) is 5.73 Å². The smallest absolute Gasteiger partial charge is 0.0805 e. The molecule has 3 heteroatoms. The molecule has 0 radical (unpaired) electrons. The maximum Gasteiger partial charge on any atom is 0.0805 e. The van der Waals surface area contributed by atoms with Crippen molar-refractivity contribution in [3.05, 3.63) is 24.0 Å². The summed E-state index contributed by atoms with van der Waals surface area (Å²) in [6.45, 7) is 6.23. The molecule has 0 saturated heterocycles. The Morgan fingerprint density at radius 1 is 1.38 bits per heavy atom. The largest absolute Gasteiger partial charge is 0.397 e. The molecule has 4 N–H and O–H groups in total. The molecule has 0 saturated carbocycles. The predicted molar refractivity (Wildman–Crippen MR) is 55.0 cm³/mol. The van der Waals surface area contributed by atoms with Gasteiger partial charge in [-0.15, -0.1) is 0 Å². The van der Waals surface area contributed by atoms with E-state index in [9.17, 15) is 0 Å². The lowest BCUT2D eigenvalue weighted by molar-refractivity contribution is 0.322. The molecular weight excluding hydrogens is 162 g/mol. The molecule has 13 heavy (non-hydrogen) atoms. The van der Waals surface area contributed by atoms with Gasteiger partial charge in [0.2, 0.25) is 0 Å². The maximum atomic E-state index is 6.03. The molecule has 0 spiro atoms. The van der Waals surface area contributed by atoms with Crippen LogP contribution in [0.2, 0.25) is 0 Å². The highest BCUT2D eigenvalue weighted by Gasteiger charge is 2.24. The zero-order valence-corrected chi connectivity index (χ0v) is 8.41. The molecular formula is C10H17N3. The summed E-state index contributed by atoms with van der Waals surface area (Å²) in [5.74, 6) is 0. The summed E-state index contributed by atoms with van der Waals surface area (Å²) in [6, 6.07) is 3.52. The van der Waals surface area contributed by atoms with Gasteiger partial charge in [0.05, 0.1) is 17.4 Å². The minimum atomic E-state index is -0.117. The number of pyridine rings is 1. The average molecular weight is 179 g/mol. The normalized spacial score (nSPS) is 14.2. The Morgan fingerprint density at radius 2 is 2.00 bits per heavy atom. The third-order valence-electron chi connectivity index (χ3n) is 2.10. The van der Waals surface area contributed by atoms with Crippen molar-refractivity contribution in [1.29, 1.82) is 0 Å². The Kier molecular flexibility index (Phi) is 2.57. The Bertz CT molecular complexity index is 288. The summed E-state index contributed by atoms with van der Waals surface area (Å²) in [7, 11) is 0. The van der Waals surface area contributed by atoms with Gasteiger partial charge in [-0.1, -0.05) is 20.8 Å². The van der Waals surface area contributed by atoms with Gasteiger partial charge in [0, 0.05) is 6.20 Å². The van der Waals surface area contributed by atoms with Gasteiger partial charge in [-0.05, 0) is 17.5 Å². The van der Waals surface area contributed by atoms with E-state index in [1.807, 2.05) is 12.1 Å². The number of rotatable bonds is 1. The summed E-state index contributed by atoms with van der Waals surface area (Å²) in [5.41, 5.74) is 13.3. The van der Waals surface area contributed by atoms with E-state index in [0.717, 1.165) is 5.69 Å². The summed E-state index contributed by atoms with van der Waals surface area (Å²) in [5, 5.41) is 0. The number of hydrogen-bond acceptors (Lipinski definition) is 3. The lowest BCUT2D eigenvalue weighted by Gasteiger charge is -2.27. The molecule has 1 atom stereocenters. The summed E-state index contributed by atoms with van der Waals surface area (Å²) < 4.78 is 0. The van der Waals surface area contributed by atoms with Crippen LogP contribution in [0.15, 0.2) is 18.3 Å². The molecule has 0 bridgehead atoms. The fourth-order valence-electron chi connectivity index (χ4n) is 1.10. The van der Waals surface area contributed by atoms with E-state index in [1.54, 1.807) is 6.20 Å². The monoisotopic (exact) mass is 179 g/mol. The molecule has 1 heterocycles. The van der Waals surface area contributed by atoms with E-state index < -0.39 is 0 Å². The first-order valence-electron chi connectivity index (χ1n) is 4.39. The highest BCUT2D eigenvalue weighted by atomic mass is 14.8. The van der Waals surface area contributed by atoms with Crippen molar-refractivity contribution < 1.29 is 0 Å². The third-order valence-corrected chi connectivity index (χ3v) is 2.10. The Hall–Kier alpha value is -1.09. The lowest BCUT2D eigenvalue weighted by Crippen LogP contribution is -2.27. The first-order valence-corrected chi connectivity index (χ1v) is 4.39. The van der Waals surface area contributed by atoms with Crippen molar-refractivity contribution in [3.63, 3.8) is 0 Å². The minimum Gasteiger partial charge on any atom is -0.397 e. The highest BCUT2D eigenvalue weighted by molar-refractivity contribution is 5.44. The van der Waals surface area contributed by atoms with E-state index in [1.165, 1.54) is 0 Å². The molecule has 72 valence electrons. The number of anilines is 1. The van der Waals surface area contributed by atoms with Gasteiger partial charge >= 0.3 is 0 Å². The van der Waals surface area contributed by atoms with Gasteiger partial charge in [-0.2, -0.15) is 0 Å². The van der Waals surface area contributed by atoms with Crippen LogP contribution in [0.5, 0.6) is 0 Å². The van der Waals surface area contributed by atoms with Crippen molar-refractivity contribution in [1.82, 2.24) is 4.98 Å². The van der Waals surface area contributed by atoms with Crippen LogP contribution in [0.1, 0.15) is 32.5 Å². The molecule has 0 aliphatic rings. The van der Waals surface area contributed by atoms with Crippen molar-refractivity contribution in [2.45, 2.75) is 26.8 Å². The molecule has 0 aliphatic heterocycles. The second-order valence-electron chi connectivity index (χ2n) is 4.32. The van der Waals surface area contributed by atoms with Crippen LogP contribution in [-0.2, 0) is 0 Å². The predicted octanol–water partition coefficient (Wildman–Crippen LogP) is 1.71. The zero-order valence-electron chi connectivity index (χ0n) is 8.41. The van der Waals surface area contributed by atoms with Crippen molar-refractivity contribution in [3.8, 4) is 0 Å². The van der Waals surface area contributed by atoms with Crippen LogP contribution in [0, 0.1) is 5.41 Å². The summed E-state index contributed by atoms with van der Waals surface area (Å²) in [4.78, 5) is 4.19. The SMILES string of the molecule is CC(C)(C)[C@H](N)c1ncccc1N. The van der Waals surface area contributed by atoms with Crippen LogP contribution in [0.4, 0.5) is 5.69 Å². The fourth-order valence-corrected chi connectivity index (χ4v) is 1.10. The highest BCUT2D eigenvalue weighted by Crippen LogP contribution is 2.31. The van der Waals surface area contributed by atoms with Gasteiger partial charge < -0.3 is 11.5 Å². The molecule has 1 aromatic rings. The van der Waals surface area contributed by atoms with Crippen LogP contribution >= 0.6 is 0 Å². The van der Waals surface area contributed by atoms with Gasteiger partial charge in [0.1, 0.15) is 0 Å². The number of nitrogens with zero attached hydrogens (tertiary/aromatic N) is 1. The molecule has 0 unspecified atom stereocenters. The van der Waals surface area contributed by atoms with Crippen LogP contribution in [0.25, 0.3) is 0 Å². The van der Waals surface area contributed by atoms with Crippen molar-refractivity contribution >= 4 is 5.69 Å². The quantitative estimate of drug-likeness (QED) is 0.689. The Balaban J connectivity index is 3.02. The number of hydrogen-bond donors (Lipinski definition) is 2. The number of nitrogens with two attached hydrogens (primary N) is 2. The van der Waals surface area contributed by atoms with Crippen LogP contribution in [0.3, 0.4) is 0 Å². The molecule has 0 aromatic carbocycles. The van der Waals surface area contributed by atoms with Crippen LogP contribution < -0.4 is 11.5 Å². The van der Waals surface area contributed by atoms with Gasteiger partial charge in [0.15, 0.2) is 0 Å². The Labute approximate surface area is 79.2 Å². The van der Waals surface area contributed by atoms with Gasteiger partial charge in [-0.25, -0.2) is 0 Å². The van der Waals surface area contributed by atoms with E-state index in [2.05, 4.69) is 25.8 Å². The second kappa shape index (κ2) is 3.34. The van der Waals surface area contributed by atoms with E-state index in [-0.39, 0.29) is 11.5 Å². The fraction of sp³-hybridized carbons (Fsp3) is 0.500.